The molecule has 0 aromatic heterocycles. The molecule has 0 aliphatic carbocycles. The van der Waals surface area contributed by atoms with Gasteiger partial charge in [-0.05, 0) is 12.2 Å². The zero-order valence-electron chi connectivity index (χ0n) is 7.21. The topological polar surface area (TPSA) is 0 Å². The minimum atomic E-state index is -2.42. The minimum Gasteiger partial charge on any atom is -0.206 e. The first-order chi connectivity index (χ1) is 6.63. The van der Waals surface area contributed by atoms with Crippen LogP contribution in [-0.4, -0.2) is 24.4 Å². The van der Waals surface area contributed by atoms with Gasteiger partial charge in [-0.15, -0.1) is 0 Å². The van der Waals surface area contributed by atoms with Crippen molar-refractivity contribution < 1.29 is 17.6 Å². The maximum absolute atomic E-state index is 11.6. The Morgan fingerprint density at radius 3 is 1.43 bits per heavy atom. The van der Waals surface area contributed by atoms with E-state index >= 15 is 0 Å². The number of allylic oxidation sites excluding steroid dienone is 2. The maximum atomic E-state index is 11.6. The van der Waals surface area contributed by atoms with Gasteiger partial charge in [0.15, 0.2) is 0 Å². The second-order valence-corrected chi connectivity index (χ2v) is 4.65. The summed E-state index contributed by atoms with van der Waals surface area (Å²) in [4.78, 5) is 0. The van der Waals surface area contributed by atoms with Crippen LogP contribution >= 0.6 is 21.6 Å². The van der Waals surface area contributed by atoms with Crippen LogP contribution in [0.3, 0.4) is 0 Å². The van der Waals surface area contributed by atoms with Crippen molar-refractivity contribution in [3.8, 4) is 0 Å². The van der Waals surface area contributed by atoms with E-state index in [4.69, 9.17) is 0 Å². The smallest absolute Gasteiger partial charge is 0.206 e. The third kappa shape index (κ3) is 11.9. The first-order valence-corrected chi connectivity index (χ1v) is 6.25. The Morgan fingerprint density at radius 1 is 0.786 bits per heavy atom. The Kier molecular flexibility index (Phi) is 9.39. The van der Waals surface area contributed by atoms with Gasteiger partial charge in [-0.2, -0.15) is 0 Å². The minimum absolute atomic E-state index is 0.456. The molecule has 0 amide bonds. The number of halogens is 4. The largest absolute Gasteiger partial charge is 0.257 e. The summed E-state index contributed by atoms with van der Waals surface area (Å²) in [6, 6.07) is 0. The summed E-state index contributed by atoms with van der Waals surface area (Å²) in [7, 11) is 2.69. The molecule has 0 aliphatic heterocycles. The zero-order valence-corrected chi connectivity index (χ0v) is 8.84. The van der Waals surface area contributed by atoms with Crippen LogP contribution in [0.2, 0.25) is 0 Å². The molecule has 0 saturated heterocycles. The molecule has 0 fully saturated rings. The van der Waals surface area contributed by atoms with Crippen molar-refractivity contribution in [2.45, 2.75) is 12.9 Å². The second-order valence-electron chi connectivity index (χ2n) is 2.09. The van der Waals surface area contributed by atoms with Crippen LogP contribution < -0.4 is 0 Å². The third-order valence-corrected chi connectivity index (χ3v) is 3.12. The Balaban J connectivity index is 3.22. The van der Waals surface area contributed by atoms with Crippen LogP contribution in [0.5, 0.6) is 0 Å². The second kappa shape index (κ2) is 9.45. The van der Waals surface area contributed by atoms with Crippen molar-refractivity contribution in [2.24, 2.45) is 0 Å². The van der Waals surface area contributed by atoms with E-state index in [0.29, 0.717) is 11.5 Å². The van der Waals surface area contributed by atoms with E-state index in [-0.39, 0.29) is 0 Å². The van der Waals surface area contributed by atoms with E-state index < -0.39 is 12.9 Å². The first-order valence-electron chi connectivity index (χ1n) is 3.77. The summed E-state index contributed by atoms with van der Waals surface area (Å²) in [5.41, 5.74) is 0. The molecule has 0 saturated carbocycles. The van der Waals surface area contributed by atoms with E-state index in [2.05, 4.69) is 0 Å². The first kappa shape index (κ1) is 13.9. The van der Waals surface area contributed by atoms with Gasteiger partial charge in [0.05, 0.1) is 0 Å². The highest BCUT2D eigenvalue weighted by Gasteiger charge is 1.93. The monoisotopic (exact) mass is 246 g/mol. The predicted molar refractivity (Wildman–Crippen MR) is 55.2 cm³/mol. The van der Waals surface area contributed by atoms with Crippen LogP contribution in [0.1, 0.15) is 0 Å². The maximum Gasteiger partial charge on any atom is 0.257 e. The molecule has 0 radical (unpaired) electrons. The number of hydrogen-bond acceptors (Lipinski definition) is 2. The van der Waals surface area contributed by atoms with Crippen LogP contribution in [-0.2, 0) is 0 Å². The fraction of sp³-hybridized carbons (Fsp3) is 0.500. The molecule has 6 heteroatoms. The van der Waals surface area contributed by atoms with Crippen LogP contribution in [0.4, 0.5) is 17.6 Å². The van der Waals surface area contributed by atoms with E-state index in [0.717, 1.165) is 12.2 Å². The molecular weight excluding hydrogens is 236 g/mol. The average molecular weight is 246 g/mol. The highest BCUT2D eigenvalue weighted by molar-refractivity contribution is 8.76. The lowest BCUT2D eigenvalue weighted by Gasteiger charge is -1.93. The molecule has 0 bridgehead atoms. The van der Waals surface area contributed by atoms with Gasteiger partial charge < -0.3 is 0 Å². The summed E-state index contributed by atoms with van der Waals surface area (Å²) in [6.45, 7) is 0. The van der Waals surface area contributed by atoms with E-state index in [1.807, 2.05) is 0 Å². The Morgan fingerprint density at radius 2 is 1.14 bits per heavy atom. The molecule has 0 atom stereocenters. The quantitative estimate of drug-likeness (QED) is 0.288. The summed E-state index contributed by atoms with van der Waals surface area (Å²) in [5.74, 6) is 0.912. The molecule has 0 nitrogen and oxygen atoms in total. The van der Waals surface area contributed by atoms with Gasteiger partial charge >= 0.3 is 0 Å². The molecule has 0 aliphatic rings. The van der Waals surface area contributed by atoms with Gasteiger partial charge in [-0.25, -0.2) is 17.6 Å². The normalized spacial score (nSPS) is 12.7. The Labute approximate surface area is 88.2 Å². The summed E-state index contributed by atoms with van der Waals surface area (Å²) < 4.78 is 46.2. The highest BCUT2D eigenvalue weighted by atomic mass is 33.1. The molecular formula is C8H10F4S2. The van der Waals surface area contributed by atoms with Crippen molar-refractivity contribution in [2.75, 3.05) is 11.5 Å². The van der Waals surface area contributed by atoms with Crippen LogP contribution in [0, 0.1) is 0 Å². The van der Waals surface area contributed by atoms with Gasteiger partial charge in [0, 0.05) is 11.5 Å². The molecule has 0 aromatic rings. The van der Waals surface area contributed by atoms with Crippen LogP contribution in [0.25, 0.3) is 0 Å². The Hall–Kier alpha value is -0.100. The summed E-state index contributed by atoms with van der Waals surface area (Å²) in [5, 5.41) is 0. The van der Waals surface area contributed by atoms with Crippen molar-refractivity contribution in [1.29, 1.82) is 0 Å². The van der Waals surface area contributed by atoms with Crippen molar-refractivity contribution in [3.05, 3.63) is 24.3 Å². The molecule has 0 aromatic carbocycles. The van der Waals surface area contributed by atoms with E-state index in [1.165, 1.54) is 33.7 Å². The number of alkyl halides is 4. The summed E-state index contributed by atoms with van der Waals surface area (Å²) in [6.07, 6.45) is -0.498. The predicted octanol–water partition coefficient (Wildman–Crippen LogP) is 4.01. The zero-order chi connectivity index (χ0) is 10.8. The fourth-order valence-electron chi connectivity index (χ4n) is 0.492. The molecule has 82 valence electrons. The Bertz CT molecular complexity index is 160. The highest BCUT2D eigenvalue weighted by Crippen LogP contribution is 2.21. The number of rotatable bonds is 7. The molecule has 14 heavy (non-hydrogen) atoms. The van der Waals surface area contributed by atoms with Gasteiger partial charge in [-0.1, -0.05) is 33.7 Å². The lowest BCUT2D eigenvalue weighted by Crippen LogP contribution is -1.81. The summed E-state index contributed by atoms with van der Waals surface area (Å²) >= 11 is 0. The van der Waals surface area contributed by atoms with Gasteiger partial charge in [-0.3, -0.25) is 0 Å². The van der Waals surface area contributed by atoms with Crippen molar-refractivity contribution >= 4 is 21.6 Å². The lowest BCUT2D eigenvalue weighted by molar-refractivity contribution is 0.203. The van der Waals surface area contributed by atoms with Gasteiger partial charge in [0.25, 0.3) is 12.9 Å². The third-order valence-electron chi connectivity index (χ3n) is 0.975. The van der Waals surface area contributed by atoms with E-state index in [9.17, 15) is 17.6 Å². The van der Waals surface area contributed by atoms with E-state index in [1.54, 1.807) is 0 Å². The van der Waals surface area contributed by atoms with Crippen LogP contribution in [0.15, 0.2) is 24.3 Å². The SMILES string of the molecule is FC(F)C=CCSSCC=CC(F)F. The fourth-order valence-corrected chi connectivity index (χ4v) is 2.11. The van der Waals surface area contributed by atoms with Crippen molar-refractivity contribution in [1.82, 2.24) is 0 Å². The average Bonchev–Trinajstić information content (AvgIpc) is 2.08. The molecule has 0 unspecified atom stereocenters. The van der Waals surface area contributed by atoms with Gasteiger partial charge in [0.2, 0.25) is 0 Å². The molecule has 0 spiro atoms. The number of hydrogen-bond donors (Lipinski definition) is 0. The molecule has 0 heterocycles. The van der Waals surface area contributed by atoms with Gasteiger partial charge in [0.1, 0.15) is 0 Å². The molecule has 0 rings (SSSR count). The van der Waals surface area contributed by atoms with Crippen molar-refractivity contribution in [3.63, 3.8) is 0 Å². The molecule has 0 N–H and O–H groups in total. The standard InChI is InChI=1S/C8H10F4S2/c9-7(10)3-1-5-13-14-6-2-4-8(11)12/h1-4,7-8H,5-6H2. The lowest BCUT2D eigenvalue weighted by atomic mass is 10.5.